The molecule has 0 aliphatic carbocycles. The Morgan fingerprint density at radius 1 is 1.62 bits per heavy atom. The average molecular weight is 289 g/mol. The van der Waals surface area contributed by atoms with E-state index in [0.29, 0.717) is 12.0 Å². The van der Waals surface area contributed by atoms with Crippen LogP contribution in [0, 0.1) is 5.92 Å². The number of aryl methyl sites for hydroxylation is 1. The minimum Gasteiger partial charge on any atom is -0.378 e. The smallest absolute Gasteiger partial charge is 0.153 e. The van der Waals surface area contributed by atoms with Crippen LogP contribution in [0.2, 0.25) is 0 Å². The molecule has 3 unspecified atom stereocenters. The van der Waals surface area contributed by atoms with Crippen molar-refractivity contribution in [2.24, 2.45) is 13.0 Å². The van der Waals surface area contributed by atoms with Crippen LogP contribution in [-0.4, -0.2) is 34.8 Å². The lowest BCUT2D eigenvalue weighted by Crippen LogP contribution is -2.28. The number of hydrogen-bond donors (Lipinski definition) is 1. The maximum absolute atomic E-state index is 5.62. The summed E-state index contributed by atoms with van der Waals surface area (Å²) in [4.78, 5) is 0. The molecule has 1 aliphatic heterocycles. The van der Waals surface area contributed by atoms with E-state index in [0.717, 1.165) is 23.3 Å². The van der Waals surface area contributed by atoms with Gasteiger partial charge in [0.05, 0.1) is 24.4 Å². The van der Waals surface area contributed by atoms with Crippen LogP contribution in [0.3, 0.4) is 0 Å². The SMILES string of the molecule is CNC(c1c(Br)nnn1C)C1COC(C)C1. The number of halogens is 1. The number of hydrogen-bond acceptors (Lipinski definition) is 4. The summed E-state index contributed by atoms with van der Waals surface area (Å²) in [5, 5.41) is 11.4. The number of rotatable bonds is 3. The molecule has 0 saturated carbocycles. The molecule has 2 heterocycles. The summed E-state index contributed by atoms with van der Waals surface area (Å²) in [5.41, 5.74) is 1.09. The van der Waals surface area contributed by atoms with Crippen LogP contribution in [0.1, 0.15) is 25.1 Å². The highest BCUT2D eigenvalue weighted by atomic mass is 79.9. The summed E-state index contributed by atoms with van der Waals surface area (Å²) in [7, 11) is 3.88. The van der Waals surface area contributed by atoms with Crippen LogP contribution < -0.4 is 5.32 Å². The monoisotopic (exact) mass is 288 g/mol. The molecule has 1 N–H and O–H groups in total. The van der Waals surface area contributed by atoms with E-state index in [4.69, 9.17) is 4.74 Å². The molecule has 5 nitrogen and oxygen atoms in total. The second kappa shape index (κ2) is 4.81. The van der Waals surface area contributed by atoms with Crippen molar-refractivity contribution in [3.8, 4) is 0 Å². The third kappa shape index (κ3) is 2.14. The first-order chi connectivity index (χ1) is 7.63. The molecule has 0 radical (unpaired) electrons. The van der Waals surface area contributed by atoms with E-state index in [-0.39, 0.29) is 6.04 Å². The van der Waals surface area contributed by atoms with E-state index in [1.165, 1.54) is 0 Å². The maximum atomic E-state index is 5.62. The van der Waals surface area contributed by atoms with Crippen LogP contribution in [0.25, 0.3) is 0 Å². The van der Waals surface area contributed by atoms with Gasteiger partial charge in [0, 0.05) is 13.0 Å². The lowest BCUT2D eigenvalue weighted by Gasteiger charge is -2.21. The van der Waals surface area contributed by atoms with Gasteiger partial charge < -0.3 is 10.1 Å². The molecule has 0 aromatic carbocycles. The molecule has 1 fully saturated rings. The number of ether oxygens (including phenoxy) is 1. The van der Waals surface area contributed by atoms with E-state index in [9.17, 15) is 0 Å². The topological polar surface area (TPSA) is 52.0 Å². The van der Waals surface area contributed by atoms with Gasteiger partial charge in [-0.1, -0.05) is 5.21 Å². The largest absolute Gasteiger partial charge is 0.378 e. The Morgan fingerprint density at radius 3 is 2.81 bits per heavy atom. The van der Waals surface area contributed by atoms with E-state index in [1.807, 2.05) is 18.8 Å². The fraction of sp³-hybridized carbons (Fsp3) is 0.800. The highest BCUT2D eigenvalue weighted by molar-refractivity contribution is 9.10. The van der Waals surface area contributed by atoms with Crippen molar-refractivity contribution < 1.29 is 4.74 Å². The van der Waals surface area contributed by atoms with Gasteiger partial charge in [0.15, 0.2) is 4.60 Å². The first kappa shape index (κ1) is 12.0. The van der Waals surface area contributed by atoms with Crippen LogP contribution in [0.15, 0.2) is 4.60 Å². The number of nitrogens with one attached hydrogen (secondary N) is 1. The Hall–Kier alpha value is -0.460. The molecule has 0 amide bonds. The molecule has 1 saturated heterocycles. The average Bonchev–Trinajstić information content (AvgIpc) is 2.80. The van der Waals surface area contributed by atoms with Gasteiger partial charge in [-0.3, -0.25) is 0 Å². The molecule has 90 valence electrons. The summed E-state index contributed by atoms with van der Waals surface area (Å²) in [5.74, 6) is 0.480. The van der Waals surface area contributed by atoms with Crippen molar-refractivity contribution in [2.45, 2.75) is 25.5 Å². The Kier molecular flexibility index (Phi) is 3.61. The van der Waals surface area contributed by atoms with Crippen molar-refractivity contribution in [3.63, 3.8) is 0 Å². The van der Waals surface area contributed by atoms with Crippen LogP contribution in [0.5, 0.6) is 0 Å². The van der Waals surface area contributed by atoms with Crippen molar-refractivity contribution in [1.82, 2.24) is 20.3 Å². The molecule has 16 heavy (non-hydrogen) atoms. The summed E-state index contributed by atoms with van der Waals surface area (Å²) < 4.78 is 8.25. The van der Waals surface area contributed by atoms with Gasteiger partial charge in [-0.25, -0.2) is 4.68 Å². The Labute approximate surface area is 104 Å². The zero-order valence-corrected chi connectivity index (χ0v) is 11.4. The molecule has 1 aromatic heterocycles. The van der Waals surface area contributed by atoms with Gasteiger partial charge in [0.2, 0.25) is 0 Å². The highest BCUT2D eigenvalue weighted by Crippen LogP contribution is 2.33. The van der Waals surface area contributed by atoms with E-state index < -0.39 is 0 Å². The van der Waals surface area contributed by atoms with Crippen molar-refractivity contribution in [3.05, 3.63) is 10.3 Å². The molecule has 3 atom stereocenters. The van der Waals surface area contributed by atoms with Crippen LogP contribution in [-0.2, 0) is 11.8 Å². The Balaban J connectivity index is 2.22. The number of nitrogens with zero attached hydrogens (tertiary/aromatic N) is 3. The van der Waals surface area contributed by atoms with E-state index >= 15 is 0 Å². The molecule has 2 rings (SSSR count). The minimum atomic E-state index is 0.235. The second-order valence-corrected chi connectivity index (χ2v) is 5.05. The quantitative estimate of drug-likeness (QED) is 0.910. The predicted molar refractivity (Wildman–Crippen MR) is 64.0 cm³/mol. The summed E-state index contributed by atoms with van der Waals surface area (Å²) in [6.45, 7) is 2.91. The lowest BCUT2D eigenvalue weighted by atomic mass is 9.95. The summed E-state index contributed by atoms with van der Waals surface area (Å²) in [6, 6.07) is 0.235. The van der Waals surface area contributed by atoms with Gasteiger partial charge >= 0.3 is 0 Å². The predicted octanol–water partition coefficient (Wildman–Crippen LogP) is 1.26. The zero-order chi connectivity index (χ0) is 11.7. The van der Waals surface area contributed by atoms with Crippen LogP contribution >= 0.6 is 15.9 Å². The fourth-order valence-corrected chi connectivity index (χ4v) is 2.92. The normalized spacial score (nSPS) is 27.2. The first-order valence-electron chi connectivity index (χ1n) is 5.47. The maximum Gasteiger partial charge on any atom is 0.153 e. The molecule has 0 bridgehead atoms. The Morgan fingerprint density at radius 2 is 2.38 bits per heavy atom. The zero-order valence-electron chi connectivity index (χ0n) is 9.77. The van der Waals surface area contributed by atoms with Crippen molar-refractivity contribution in [2.75, 3.05) is 13.7 Å². The van der Waals surface area contributed by atoms with Gasteiger partial charge in [0.1, 0.15) is 0 Å². The molecular weight excluding hydrogens is 272 g/mol. The second-order valence-electron chi connectivity index (χ2n) is 4.30. The third-order valence-electron chi connectivity index (χ3n) is 3.13. The summed E-state index contributed by atoms with van der Waals surface area (Å²) >= 11 is 3.45. The Bertz CT molecular complexity index is 348. The minimum absolute atomic E-state index is 0.235. The van der Waals surface area contributed by atoms with Crippen molar-refractivity contribution in [1.29, 1.82) is 0 Å². The molecular formula is C10H17BrN4O. The van der Waals surface area contributed by atoms with Gasteiger partial charge in [-0.2, -0.15) is 0 Å². The highest BCUT2D eigenvalue weighted by Gasteiger charge is 2.32. The lowest BCUT2D eigenvalue weighted by molar-refractivity contribution is 0.117. The third-order valence-corrected chi connectivity index (χ3v) is 3.70. The standard InChI is InChI=1S/C10H17BrN4O/c1-6-4-7(5-16-6)8(12-2)9-10(11)13-14-15(9)3/h6-8,12H,4-5H2,1-3H3. The molecule has 0 spiro atoms. The van der Waals surface area contributed by atoms with Crippen molar-refractivity contribution >= 4 is 15.9 Å². The van der Waals surface area contributed by atoms with Gasteiger partial charge in [0.25, 0.3) is 0 Å². The molecule has 1 aromatic rings. The van der Waals surface area contributed by atoms with Gasteiger partial charge in [-0.15, -0.1) is 5.10 Å². The van der Waals surface area contributed by atoms with Crippen LogP contribution in [0.4, 0.5) is 0 Å². The van der Waals surface area contributed by atoms with E-state index in [2.05, 4.69) is 38.5 Å². The van der Waals surface area contributed by atoms with Gasteiger partial charge in [-0.05, 0) is 36.3 Å². The van der Waals surface area contributed by atoms with E-state index in [1.54, 1.807) is 0 Å². The number of aromatic nitrogens is 3. The molecule has 1 aliphatic rings. The summed E-state index contributed by atoms with van der Waals surface area (Å²) in [6.07, 6.45) is 1.42. The fourth-order valence-electron chi connectivity index (χ4n) is 2.35. The first-order valence-corrected chi connectivity index (χ1v) is 6.26. The molecule has 6 heteroatoms.